The Labute approximate surface area is 128 Å². The Hall–Kier alpha value is -0.0400. The number of hydrogen-bond donors (Lipinski definition) is 1. The molecule has 1 saturated carbocycles. The molecule has 1 aliphatic rings. The largest absolute Gasteiger partial charge is 0.312 e. The molecule has 20 heavy (non-hydrogen) atoms. The maximum Gasteiger partial charge on any atom is 0.00695 e. The van der Waals surface area contributed by atoms with Crippen LogP contribution in [0.15, 0.2) is 0 Å². The molecule has 0 saturated heterocycles. The summed E-state index contributed by atoms with van der Waals surface area (Å²) in [5, 5.41) is 3.93. The molecule has 1 nitrogen and oxygen atoms in total. The molecule has 1 aliphatic carbocycles. The van der Waals surface area contributed by atoms with Gasteiger partial charge in [-0.1, -0.05) is 71.6 Å². The van der Waals surface area contributed by atoms with Crippen molar-refractivity contribution in [2.24, 2.45) is 5.92 Å². The van der Waals surface area contributed by atoms with E-state index in [-0.39, 0.29) is 0 Å². The van der Waals surface area contributed by atoms with Crippen LogP contribution in [0.5, 0.6) is 0 Å². The molecule has 1 heteroatoms. The molecule has 0 bridgehead atoms. The predicted molar refractivity (Wildman–Crippen MR) is 91.2 cm³/mol. The molecule has 1 unspecified atom stereocenters. The van der Waals surface area contributed by atoms with Crippen LogP contribution in [-0.4, -0.2) is 12.1 Å². The third-order valence-electron chi connectivity index (χ3n) is 4.80. The Balaban J connectivity index is 2.26. The van der Waals surface area contributed by atoms with E-state index in [1.54, 1.807) is 0 Å². The first kappa shape index (κ1) is 18.0. The first-order valence-electron chi connectivity index (χ1n) is 9.44. The fourth-order valence-corrected chi connectivity index (χ4v) is 3.40. The van der Waals surface area contributed by atoms with Crippen LogP contribution >= 0.6 is 0 Å². The highest BCUT2D eigenvalue weighted by Crippen LogP contribution is 2.18. The van der Waals surface area contributed by atoms with Crippen molar-refractivity contribution in [2.45, 2.75) is 116 Å². The Morgan fingerprint density at radius 2 is 1.15 bits per heavy atom. The van der Waals surface area contributed by atoms with Crippen molar-refractivity contribution >= 4 is 0 Å². The van der Waals surface area contributed by atoms with Gasteiger partial charge < -0.3 is 5.32 Å². The van der Waals surface area contributed by atoms with Crippen molar-refractivity contribution in [1.82, 2.24) is 5.32 Å². The molecule has 1 atom stereocenters. The summed E-state index contributed by atoms with van der Waals surface area (Å²) in [6.07, 6.45) is 18.7. The van der Waals surface area contributed by atoms with E-state index in [9.17, 15) is 0 Å². The molecule has 120 valence electrons. The SMILES string of the molecule is CC(C)CCC(C)NC1CCCCCCCCCCC1. The number of rotatable bonds is 5. The molecule has 0 amide bonds. The summed E-state index contributed by atoms with van der Waals surface area (Å²) in [4.78, 5) is 0. The second-order valence-electron chi connectivity index (χ2n) is 7.50. The van der Waals surface area contributed by atoms with Crippen molar-refractivity contribution in [1.29, 1.82) is 0 Å². The molecule has 0 aliphatic heterocycles. The second kappa shape index (κ2) is 11.6. The highest BCUT2D eigenvalue weighted by Gasteiger charge is 2.12. The zero-order chi connectivity index (χ0) is 14.6. The molecule has 1 rings (SSSR count). The zero-order valence-corrected chi connectivity index (χ0v) is 14.4. The second-order valence-corrected chi connectivity index (χ2v) is 7.50. The molecule has 0 aromatic carbocycles. The van der Waals surface area contributed by atoms with E-state index in [1.807, 2.05) is 0 Å². The summed E-state index contributed by atoms with van der Waals surface area (Å²) in [6, 6.07) is 1.49. The van der Waals surface area contributed by atoms with Crippen LogP contribution in [-0.2, 0) is 0 Å². The van der Waals surface area contributed by atoms with E-state index in [4.69, 9.17) is 0 Å². The fraction of sp³-hybridized carbons (Fsp3) is 1.00. The smallest absolute Gasteiger partial charge is 0.00695 e. The summed E-state index contributed by atoms with van der Waals surface area (Å²) in [5.41, 5.74) is 0. The lowest BCUT2D eigenvalue weighted by Crippen LogP contribution is -2.36. The van der Waals surface area contributed by atoms with Gasteiger partial charge in [0.05, 0.1) is 0 Å². The average Bonchev–Trinajstić information content (AvgIpc) is 2.39. The van der Waals surface area contributed by atoms with Gasteiger partial charge in [0, 0.05) is 12.1 Å². The summed E-state index contributed by atoms with van der Waals surface area (Å²) in [7, 11) is 0. The molecule has 1 N–H and O–H groups in total. The van der Waals surface area contributed by atoms with Gasteiger partial charge in [-0.05, 0) is 38.5 Å². The lowest BCUT2D eigenvalue weighted by Gasteiger charge is -2.24. The Bertz CT molecular complexity index is 200. The van der Waals surface area contributed by atoms with Crippen LogP contribution in [0.4, 0.5) is 0 Å². The van der Waals surface area contributed by atoms with Gasteiger partial charge in [-0.3, -0.25) is 0 Å². The van der Waals surface area contributed by atoms with Crippen molar-refractivity contribution < 1.29 is 0 Å². The van der Waals surface area contributed by atoms with Crippen LogP contribution in [0.3, 0.4) is 0 Å². The van der Waals surface area contributed by atoms with E-state index in [0.29, 0.717) is 6.04 Å². The Kier molecular flexibility index (Phi) is 10.4. The van der Waals surface area contributed by atoms with E-state index >= 15 is 0 Å². The minimum atomic E-state index is 0.704. The van der Waals surface area contributed by atoms with Crippen LogP contribution in [0.2, 0.25) is 0 Å². The van der Waals surface area contributed by atoms with Gasteiger partial charge in [-0.25, -0.2) is 0 Å². The van der Waals surface area contributed by atoms with Gasteiger partial charge >= 0.3 is 0 Å². The van der Waals surface area contributed by atoms with E-state index in [0.717, 1.165) is 12.0 Å². The lowest BCUT2D eigenvalue weighted by atomic mass is 9.96. The maximum atomic E-state index is 3.93. The first-order valence-corrected chi connectivity index (χ1v) is 9.44. The van der Waals surface area contributed by atoms with E-state index in [2.05, 4.69) is 26.1 Å². The topological polar surface area (TPSA) is 12.0 Å². The van der Waals surface area contributed by atoms with Gasteiger partial charge in [0.1, 0.15) is 0 Å². The van der Waals surface area contributed by atoms with Gasteiger partial charge in [0.25, 0.3) is 0 Å². The van der Waals surface area contributed by atoms with Gasteiger partial charge in [0.15, 0.2) is 0 Å². The molecular formula is C19H39N. The molecule has 0 heterocycles. The average molecular weight is 282 g/mol. The molecule has 0 spiro atoms. The molecule has 1 fully saturated rings. The van der Waals surface area contributed by atoms with Crippen LogP contribution in [0.1, 0.15) is 104 Å². The van der Waals surface area contributed by atoms with Crippen LogP contribution in [0, 0.1) is 5.92 Å². The minimum Gasteiger partial charge on any atom is -0.312 e. The zero-order valence-electron chi connectivity index (χ0n) is 14.4. The summed E-state index contributed by atoms with van der Waals surface area (Å²) in [6.45, 7) is 7.06. The summed E-state index contributed by atoms with van der Waals surface area (Å²) >= 11 is 0. The highest BCUT2D eigenvalue weighted by molar-refractivity contribution is 4.73. The molecule has 0 aromatic rings. The fourth-order valence-electron chi connectivity index (χ4n) is 3.40. The standard InChI is InChI=1S/C19H39N/c1-17(2)15-16-18(3)20-19-13-11-9-7-5-4-6-8-10-12-14-19/h17-20H,4-16H2,1-3H3. The van der Waals surface area contributed by atoms with Gasteiger partial charge in [0.2, 0.25) is 0 Å². The predicted octanol–water partition coefficient (Wildman–Crippen LogP) is 6.07. The van der Waals surface area contributed by atoms with E-state index in [1.165, 1.54) is 83.5 Å². The quantitative estimate of drug-likeness (QED) is 0.644. The van der Waals surface area contributed by atoms with Crippen LogP contribution < -0.4 is 5.32 Å². The third kappa shape index (κ3) is 9.80. The summed E-state index contributed by atoms with van der Waals surface area (Å²) < 4.78 is 0. The number of nitrogens with one attached hydrogen (secondary N) is 1. The third-order valence-corrected chi connectivity index (χ3v) is 4.80. The summed E-state index contributed by atoms with van der Waals surface area (Å²) in [5.74, 6) is 0.843. The lowest BCUT2D eigenvalue weighted by molar-refractivity contribution is 0.350. The van der Waals surface area contributed by atoms with E-state index < -0.39 is 0 Å². The van der Waals surface area contributed by atoms with Gasteiger partial charge in [-0.2, -0.15) is 0 Å². The van der Waals surface area contributed by atoms with Crippen molar-refractivity contribution in [3.05, 3.63) is 0 Å². The maximum absolute atomic E-state index is 3.93. The Morgan fingerprint density at radius 3 is 1.60 bits per heavy atom. The number of hydrogen-bond acceptors (Lipinski definition) is 1. The first-order chi connectivity index (χ1) is 9.68. The monoisotopic (exact) mass is 281 g/mol. The van der Waals surface area contributed by atoms with Gasteiger partial charge in [-0.15, -0.1) is 0 Å². The highest BCUT2D eigenvalue weighted by atomic mass is 14.9. The van der Waals surface area contributed by atoms with Crippen molar-refractivity contribution in [3.63, 3.8) is 0 Å². The normalized spacial score (nSPS) is 22.2. The van der Waals surface area contributed by atoms with Crippen molar-refractivity contribution in [3.8, 4) is 0 Å². The molecule has 0 aromatic heterocycles. The van der Waals surface area contributed by atoms with Crippen molar-refractivity contribution in [2.75, 3.05) is 0 Å². The molecule has 0 radical (unpaired) electrons. The Morgan fingerprint density at radius 1 is 0.700 bits per heavy atom. The van der Waals surface area contributed by atoms with Crippen LogP contribution in [0.25, 0.3) is 0 Å². The molecular weight excluding hydrogens is 242 g/mol. The minimum absolute atomic E-state index is 0.704.